The van der Waals surface area contributed by atoms with Crippen LogP contribution in [0.2, 0.25) is 0 Å². The van der Waals surface area contributed by atoms with Gasteiger partial charge in [-0.05, 0) is 62.4 Å². The number of hydrogen-bond donors (Lipinski definition) is 2. The van der Waals surface area contributed by atoms with E-state index < -0.39 is 11.7 Å². The van der Waals surface area contributed by atoms with Crippen LogP contribution < -0.4 is 15.5 Å². The van der Waals surface area contributed by atoms with E-state index in [-0.39, 0.29) is 18.0 Å². The topological polar surface area (TPSA) is 44.4 Å². The fourth-order valence-corrected chi connectivity index (χ4v) is 4.63. The van der Waals surface area contributed by atoms with Crippen LogP contribution in [0.4, 0.5) is 18.9 Å². The number of benzene rings is 1. The largest absolute Gasteiger partial charge is 0.416 e. The Morgan fingerprint density at radius 1 is 1.18 bits per heavy atom. The number of anilines is 1. The maximum atomic E-state index is 12.8. The normalized spacial score (nSPS) is 25.8. The van der Waals surface area contributed by atoms with E-state index in [0.717, 1.165) is 50.2 Å². The molecule has 0 aromatic heterocycles. The number of alkyl halides is 3. The number of nitrogens with zero attached hydrogens (tertiary/aromatic N) is 1. The van der Waals surface area contributed by atoms with Crippen molar-refractivity contribution in [1.29, 1.82) is 0 Å². The molecular weight excluding hydrogens is 367 g/mol. The van der Waals surface area contributed by atoms with Crippen molar-refractivity contribution in [2.24, 2.45) is 17.8 Å². The molecule has 2 N–H and O–H groups in total. The Morgan fingerprint density at radius 2 is 1.86 bits per heavy atom. The lowest BCUT2D eigenvalue weighted by molar-refractivity contribution is -0.137. The Morgan fingerprint density at radius 3 is 2.43 bits per heavy atom. The number of rotatable bonds is 6. The van der Waals surface area contributed by atoms with Crippen molar-refractivity contribution in [2.75, 3.05) is 25.0 Å². The zero-order valence-electron chi connectivity index (χ0n) is 16.7. The van der Waals surface area contributed by atoms with Gasteiger partial charge in [-0.1, -0.05) is 13.8 Å². The summed E-state index contributed by atoms with van der Waals surface area (Å²) in [6, 6.07) is 5.35. The van der Waals surface area contributed by atoms with Gasteiger partial charge in [0.05, 0.1) is 11.6 Å². The molecule has 0 spiro atoms. The lowest BCUT2D eigenvalue weighted by Crippen LogP contribution is -2.49. The van der Waals surface area contributed by atoms with Crippen molar-refractivity contribution in [1.82, 2.24) is 10.6 Å². The minimum absolute atomic E-state index is 0.0508. The first-order chi connectivity index (χ1) is 13.2. The third kappa shape index (κ3) is 4.62. The second kappa shape index (κ2) is 8.31. The first kappa shape index (κ1) is 21.0. The molecule has 1 amide bonds. The molecule has 156 valence electrons. The highest BCUT2D eigenvalue weighted by molar-refractivity contribution is 5.82. The standard InChI is InChI=1S/C21H30F3N3O/c1-13(2)10-19(25-3)20(28)26-18-9-4-14-11-27(12-17(14)18)16-7-5-15(6-8-16)21(22,23)24/h5-8,13-14,17-19,25H,4,9-12H2,1-3H3,(H,26,28)/t14-,17+,18+,19+/m0/s1. The molecule has 1 aliphatic carbocycles. The van der Waals surface area contributed by atoms with Crippen molar-refractivity contribution in [3.63, 3.8) is 0 Å². The predicted octanol–water partition coefficient (Wildman–Crippen LogP) is 3.67. The fraction of sp³-hybridized carbons (Fsp3) is 0.667. The van der Waals surface area contributed by atoms with Crippen LogP contribution in [0.3, 0.4) is 0 Å². The number of hydrogen-bond acceptors (Lipinski definition) is 3. The molecule has 1 aromatic rings. The molecule has 0 unspecified atom stereocenters. The summed E-state index contributed by atoms with van der Waals surface area (Å²) < 4.78 is 38.3. The van der Waals surface area contributed by atoms with E-state index >= 15 is 0 Å². The van der Waals surface area contributed by atoms with Crippen LogP contribution in [0, 0.1) is 17.8 Å². The summed E-state index contributed by atoms with van der Waals surface area (Å²) in [5, 5.41) is 6.34. The number of fused-ring (bicyclic) bond motifs is 1. The van der Waals surface area contributed by atoms with Gasteiger partial charge in [0, 0.05) is 30.7 Å². The highest BCUT2D eigenvalue weighted by atomic mass is 19.4. The molecule has 0 radical (unpaired) electrons. The Hall–Kier alpha value is -1.76. The Bertz CT molecular complexity index is 674. The maximum Gasteiger partial charge on any atom is 0.416 e. The smallest absolute Gasteiger partial charge is 0.371 e. The van der Waals surface area contributed by atoms with Crippen molar-refractivity contribution in [3.05, 3.63) is 29.8 Å². The predicted molar refractivity (Wildman–Crippen MR) is 104 cm³/mol. The van der Waals surface area contributed by atoms with Crippen LogP contribution in [0.1, 0.15) is 38.7 Å². The summed E-state index contributed by atoms with van der Waals surface area (Å²) >= 11 is 0. The number of amides is 1. The first-order valence-electron chi connectivity index (χ1n) is 10.1. The summed E-state index contributed by atoms with van der Waals surface area (Å²) in [4.78, 5) is 14.8. The van der Waals surface area contributed by atoms with Crippen LogP contribution in [-0.2, 0) is 11.0 Å². The van der Waals surface area contributed by atoms with Crippen molar-refractivity contribution in [2.45, 2.75) is 51.4 Å². The van der Waals surface area contributed by atoms with E-state index in [1.54, 1.807) is 12.1 Å². The fourth-order valence-electron chi connectivity index (χ4n) is 4.63. The number of carbonyl (C=O) groups excluding carboxylic acids is 1. The number of halogens is 3. The summed E-state index contributed by atoms with van der Waals surface area (Å²) in [7, 11) is 1.81. The third-order valence-corrected chi connectivity index (χ3v) is 6.12. The average Bonchev–Trinajstić information content (AvgIpc) is 3.21. The van der Waals surface area contributed by atoms with Crippen LogP contribution in [-0.4, -0.2) is 38.1 Å². The van der Waals surface area contributed by atoms with Crippen molar-refractivity contribution < 1.29 is 18.0 Å². The molecule has 0 bridgehead atoms. The third-order valence-electron chi connectivity index (χ3n) is 6.12. The first-order valence-corrected chi connectivity index (χ1v) is 10.1. The van der Waals surface area contributed by atoms with Gasteiger partial charge in [0.1, 0.15) is 0 Å². The quantitative estimate of drug-likeness (QED) is 0.770. The highest BCUT2D eigenvalue weighted by Crippen LogP contribution is 2.40. The Kier molecular flexibility index (Phi) is 6.22. The van der Waals surface area contributed by atoms with Gasteiger partial charge < -0.3 is 15.5 Å². The molecule has 1 aromatic carbocycles. The van der Waals surface area contributed by atoms with E-state index in [1.165, 1.54) is 0 Å². The molecule has 1 heterocycles. The van der Waals surface area contributed by atoms with Crippen molar-refractivity contribution in [3.8, 4) is 0 Å². The number of nitrogens with one attached hydrogen (secondary N) is 2. The van der Waals surface area contributed by atoms with Gasteiger partial charge in [-0.25, -0.2) is 0 Å². The van der Waals surface area contributed by atoms with E-state index in [1.807, 2.05) is 7.05 Å². The zero-order chi connectivity index (χ0) is 20.5. The zero-order valence-corrected chi connectivity index (χ0v) is 16.7. The summed E-state index contributed by atoms with van der Waals surface area (Å²) in [6.45, 7) is 5.81. The molecule has 7 heteroatoms. The van der Waals surface area contributed by atoms with Crippen LogP contribution in [0.15, 0.2) is 24.3 Å². The molecule has 4 nitrogen and oxygen atoms in total. The number of likely N-dealkylation sites (N-methyl/N-ethyl adjacent to an activating group) is 1. The van der Waals surface area contributed by atoms with Gasteiger partial charge in [0.15, 0.2) is 0 Å². The van der Waals surface area contributed by atoms with E-state index in [0.29, 0.717) is 17.8 Å². The van der Waals surface area contributed by atoms with Gasteiger partial charge in [0.2, 0.25) is 5.91 Å². The van der Waals surface area contributed by atoms with Gasteiger partial charge in [-0.15, -0.1) is 0 Å². The summed E-state index contributed by atoms with van der Waals surface area (Å²) in [5.74, 6) is 1.31. The SMILES string of the molecule is CN[C@H](CC(C)C)C(=O)N[C@@H]1CC[C@H]2CN(c3ccc(C(F)(F)F)cc3)C[C@H]21. The molecule has 2 fully saturated rings. The highest BCUT2D eigenvalue weighted by Gasteiger charge is 2.43. The number of carbonyl (C=O) groups is 1. The molecule has 2 aliphatic rings. The second-order valence-corrected chi connectivity index (χ2v) is 8.54. The second-order valence-electron chi connectivity index (χ2n) is 8.54. The lowest BCUT2D eigenvalue weighted by atomic mass is 9.97. The molecule has 4 atom stereocenters. The van der Waals surface area contributed by atoms with E-state index in [4.69, 9.17) is 0 Å². The van der Waals surface area contributed by atoms with Crippen LogP contribution in [0.25, 0.3) is 0 Å². The van der Waals surface area contributed by atoms with Crippen LogP contribution in [0.5, 0.6) is 0 Å². The Balaban J connectivity index is 1.61. The molecular formula is C21H30F3N3O. The molecule has 1 aliphatic heterocycles. The molecule has 1 saturated carbocycles. The minimum atomic E-state index is -4.31. The van der Waals surface area contributed by atoms with E-state index in [9.17, 15) is 18.0 Å². The molecule has 1 saturated heterocycles. The van der Waals surface area contributed by atoms with Gasteiger partial charge in [-0.2, -0.15) is 13.2 Å². The average molecular weight is 397 g/mol. The monoisotopic (exact) mass is 397 g/mol. The summed E-state index contributed by atoms with van der Waals surface area (Å²) in [5.41, 5.74) is 0.199. The minimum Gasteiger partial charge on any atom is -0.371 e. The molecule has 28 heavy (non-hydrogen) atoms. The van der Waals surface area contributed by atoms with Gasteiger partial charge in [0.25, 0.3) is 0 Å². The van der Waals surface area contributed by atoms with Gasteiger partial charge >= 0.3 is 6.18 Å². The lowest BCUT2D eigenvalue weighted by Gasteiger charge is -2.25. The molecule has 3 rings (SSSR count). The van der Waals surface area contributed by atoms with Gasteiger partial charge in [-0.3, -0.25) is 4.79 Å². The summed E-state index contributed by atoms with van der Waals surface area (Å²) in [6.07, 6.45) is -1.50. The maximum absolute atomic E-state index is 12.8. The Labute approximate surface area is 164 Å². The van der Waals surface area contributed by atoms with E-state index in [2.05, 4.69) is 29.4 Å². The van der Waals surface area contributed by atoms with Crippen LogP contribution >= 0.6 is 0 Å². The van der Waals surface area contributed by atoms with Crippen molar-refractivity contribution >= 4 is 11.6 Å².